The van der Waals surface area contributed by atoms with Crippen molar-refractivity contribution in [3.63, 3.8) is 0 Å². The number of hydrogen-bond acceptors (Lipinski definition) is 2. The summed E-state index contributed by atoms with van der Waals surface area (Å²) in [5.74, 6) is 2.18. The Kier molecular flexibility index (Phi) is 3.21. The monoisotopic (exact) mass is 222 g/mol. The van der Waals surface area contributed by atoms with Gasteiger partial charge in [0.15, 0.2) is 0 Å². The largest absolute Gasteiger partial charge is 0.329 e. The second-order valence-corrected chi connectivity index (χ2v) is 6.19. The summed E-state index contributed by atoms with van der Waals surface area (Å²) in [7, 11) is 0. The van der Waals surface area contributed by atoms with Gasteiger partial charge in [-0.25, -0.2) is 0 Å². The van der Waals surface area contributed by atoms with Crippen LogP contribution in [0.4, 0.5) is 0 Å². The van der Waals surface area contributed by atoms with E-state index in [0.717, 1.165) is 24.4 Å². The van der Waals surface area contributed by atoms with Crippen LogP contribution in [0.15, 0.2) is 0 Å². The first kappa shape index (κ1) is 11.0. The Hall–Kier alpha value is -0.0800. The quantitative estimate of drug-likeness (QED) is 0.794. The van der Waals surface area contributed by atoms with Crippen molar-refractivity contribution in [1.29, 1.82) is 0 Å². The molecule has 1 saturated heterocycles. The lowest BCUT2D eigenvalue weighted by molar-refractivity contribution is 0.114. The molecule has 0 aromatic heterocycles. The number of nitrogens with two attached hydrogens (primary N) is 1. The molecule has 3 rings (SSSR count). The lowest BCUT2D eigenvalue weighted by Crippen LogP contribution is -2.45. The SMILES string of the molecule is NCC1CCCN1C1CCCC(C2CC2)C1. The zero-order valence-corrected chi connectivity index (χ0v) is 10.4. The van der Waals surface area contributed by atoms with Gasteiger partial charge in [0.05, 0.1) is 0 Å². The fourth-order valence-corrected chi connectivity index (χ4v) is 4.09. The number of rotatable bonds is 3. The van der Waals surface area contributed by atoms with Crippen molar-refractivity contribution < 1.29 is 0 Å². The second-order valence-electron chi connectivity index (χ2n) is 6.19. The van der Waals surface area contributed by atoms with Crippen molar-refractivity contribution in [2.45, 2.75) is 63.5 Å². The van der Waals surface area contributed by atoms with Crippen LogP contribution in [-0.2, 0) is 0 Å². The van der Waals surface area contributed by atoms with Gasteiger partial charge in [-0.05, 0) is 56.9 Å². The van der Waals surface area contributed by atoms with Crippen molar-refractivity contribution in [2.24, 2.45) is 17.6 Å². The Labute approximate surface area is 99.6 Å². The molecule has 0 aromatic carbocycles. The molecule has 2 heteroatoms. The lowest BCUT2D eigenvalue weighted by atomic mass is 9.82. The molecule has 1 heterocycles. The van der Waals surface area contributed by atoms with E-state index in [1.807, 2.05) is 0 Å². The molecule has 0 spiro atoms. The summed E-state index contributed by atoms with van der Waals surface area (Å²) < 4.78 is 0. The fraction of sp³-hybridized carbons (Fsp3) is 1.00. The molecule has 92 valence electrons. The van der Waals surface area contributed by atoms with Crippen molar-refractivity contribution in [3.8, 4) is 0 Å². The van der Waals surface area contributed by atoms with Gasteiger partial charge in [-0.15, -0.1) is 0 Å². The maximum atomic E-state index is 5.90. The molecule has 0 amide bonds. The lowest BCUT2D eigenvalue weighted by Gasteiger charge is -2.38. The van der Waals surface area contributed by atoms with E-state index >= 15 is 0 Å². The summed E-state index contributed by atoms with van der Waals surface area (Å²) in [6.07, 6.45) is 11.7. The van der Waals surface area contributed by atoms with Crippen LogP contribution in [-0.4, -0.2) is 30.1 Å². The normalized spacial score (nSPS) is 41.4. The van der Waals surface area contributed by atoms with E-state index < -0.39 is 0 Å². The first-order chi connectivity index (χ1) is 7.88. The van der Waals surface area contributed by atoms with Crippen LogP contribution in [0.5, 0.6) is 0 Å². The van der Waals surface area contributed by atoms with Crippen molar-refractivity contribution in [2.75, 3.05) is 13.1 Å². The van der Waals surface area contributed by atoms with E-state index in [9.17, 15) is 0 Å². The summed E-state index contributed by atoms with van der Waals surface area (Å²) in [6, 6.07) is 1.60. The summed E-state index contributed by atoms with van der Waals surface area (Å²) in [5.41, 5.74) is 5.90. The molecule has 0 radical (unpaired) electrons. The molecule has 0 aromatic rings. The van der Waals surface area contributed by atoms with Crippen LogP contribution in [0.3, 0.4) is 0 Å². The third-order valence-electron chi connectivity index (χ3n) is 5.14. The van der Waals surface area contributed by atoms with Gasteiger partial charge in [-0.2, -0.15) is 0 Å². The molecule has 2 N–H and O–H groups in total. The van der Waals surface area contributed by atoms with Crippen LogP contribution in [0.25, 0.3) is 0 Å². The maximum absolute atomic E-state index is 5.90. The second kappa shape index (κ2) is 4.66. The number of likely N-dealkylation sites (tertiary alicyclic amines) is 1. The number of hydrogen-bond donors (Lipinski definition) is 1. The smallest absolute Gasteiger partial charge is 0.0221 e. The first-order valence-electron chi connectivity index (χ1n) is 7.34. The predicted octanol–water partition coefficient (Wildman–Crippen LogP) is 2.38. The van der Waals surface area contributed by atoms with E-state index in [1.165, 1.54) is 57.9 Å². The topological polar surface area (TPSA) is 29.3 Å². The molecule has 16 heavy (non-hydrogen) atoms. The molecule has 3 unspecified atom stereocenters. The van der Waals surface area contributed by atoms with Gasteiger partial charge in [0.25, 0.3) is 0 Å². The molecule has 3 aliphatic rings. The van der Waals surface area contributed by atoms with E-state index in [4.69, 9.17) is 5.73 Å². The van der Waals surface area contributed by atoms with Gasteiger partial charge in [0.2, 0.25) is 0 Å². The molecular weight excluding hydrogens is 196 g/mol. The predicted molar refractivity (Wildman–Crippen MR) is 67.3 cm³/mol. The molecule has 2 saturated carbocycles. The van der Waals surface area contributed by atoms with E-state index in [2.05, 4.69) is 4.90 Å². The molecule has 1 aliphatic heterocycles. The Morgan fingerprint density at radius 3 is 2.56 bits per heavy atom. The molecule has 2 aliphatic carbocycles. The Bertz CT molecular complexity index is 237. The van der Waals surface area contributed by atoms with Crippen LogP contribution < -0.4 is 5.73 Å². The summed E-state index contributed by atoms with van der Waals surface area (Å²) >= 11 is 0. The first-order valence-corrected chi connectivity index (χ1v) is 7.34. The van der Waals surface area contributed by atoms with Gasteiger partial charge < -0.3 is 5.73 Å². The Morgan fingerprint density at radius 2 is 1.81 bits per heavy atom. The Morgan fingerprint density at radius 1 is 0.938 bits per heavy atom. The maximum Gasteiger partial charge on any atom is 0.0221 e. The van der Waals surface area contributed by atoms with Crippen LogP contribution in [0.1, 0.15) is 51.4 Å². The third-order valence-corrected chi connectivity index (χ3v) is 5.14. The van der Waals surface area contributed by atoms with E-state index in [1.54, 1.807) is 0 Å². The summed E-state index contributed by atoms with van der Waals surface area (Å²) in [4.78, 5) is 2.76. The zero-order chi connectivity index (χ0) is 11.0. The van der Waals surface area contributed by atoms with Crippen LogP contribution >= 0.6 is 0 Å². The standard InChI is InChI=1S/C14H26N2/c15-10-14-5-2-8-16(14)13-4-1-3-12(9-13)11-6-7-11/h11-14H,1-10,15H2. The molecule has 3 atom stereocenters. The minimum atomic E-state index is 0.711. The van der Waals surface area contributed by atoms with Gasteiger partial charge in [0.1, 0.15) is 0 Å². The minimum Gasteiger partial charge on any atom is -0.329 e. The molecular formula is C14H26N2. The highest BCUT2D eigenvalue weighted by atomic mass is 15.2. The number of nitrogens with zero attached hydrogens (tertiary/aromatic N) is 1. The van der Waals surface area contributed by atoms with Crippen LogP contribution in [0, 0.1) is 11.8 Å². The summed E-state index contributed by atoms with van der Waals surface area (Å²) in [5, 5.41) is 0. The minimum absolute atomic E-state index is 0.711. The Balaban J connectivity index is 1.60. The van der Waals surface area contributed by atoms with Crippen molar-refractivity contribution >= 4 is 0 Å². The van der Waals surface area contributed by atoms with Gasteiger partial charge in [0, 0.05) is 18.6 Å². The van der Waals surface area contributed by atoms with Crippen molar-refractivity contribution in [1.82, 2.24) is 4.90 Å². The highest BCUT2D eigenvalue weighted by Crippen LogP contribution is 2.45. The van der Waals surface area contributed by atoms with Crippen molar-refractivity contribution in [3.05, 3.63) is 0 Å². The molecule has 0 bridgehead atoms. The van der Waals surface area contributed by atoms with E-state index in [-0.39, 0.29) is 0 Å². The highest BCUT2D eigenvalue weighted by molar-refractivity contribution is 4.92. The van der Waals surface area contributed by atoms with Gasteiger partial charge in [-0.1, -0.05) is 12.8 Å². The van der Waals surface area contributed by atoms with E-state index in [0.29, 0.717) is 6.04 Å². The highest BCUT2D eigenvalue weighted by Gasteiger charge is 2.38. The third kappa shape index (κ3) is 2.14. The van der Waals surface area contributed by atoms with Crippen LogP contribution in [0.2, 0.25) is 0 Å². The fourth-order valence-electron chi connectivity index (χ4n) is 4.09. The average molecular weight is 222 g/mol. The van der Waals surface area contributed by atoms with Gasteiger partial charge >= 0.3 is 0 Å². The van der Waals surface area contributed by atoms with Gasteiger partial charge in [-0.3, -0.25) is 4.90 Å². The molecule has 3 fully saturated rings. The molecule has 2 nitrogen and oxygen atoms in total. The zero-order valence-electron chi connectivity index (χ0n) is 10.4. The summed E-state index contributed by atoms with van der Waals surface area (Å²) in [6.45, 7) is 2.20. The average Bonchev–Trinajstić information content (AvgIpc) is 3.07.